The first-order valence-electron chi connectivity index (χ1n) is 5.34. The molecule has 16 heavy (non-hydrogen) atoms. The van der Waals surface area contributed by atoms with E-state index in [0.717, 1.165) is 0 Å². The Morgan fingerprint density at radius 1 is 1.56 bits per heavy atom. The number of rotatable bonds is 4. The first-order valence-corrected chi connectivity index (χ1v) is 5.34. The smallest absolute Gasteiger partial charge is 0.180 e. The Morgan fingerprint density at radius 2 is 2.31 bits per heavy atom. The van der Waals surface area contributed by atoms with Gasteiger partial charge in [-0.15, -0.1) is 0 Å². The van der Waals surface area contributed by atoms with Crippen molar-refractivity contribution in [1.29, 1.82) is 5.26 Å². The van der Waals surface area contributed by atoms with E-state index in [0.29, 0.717) is 17.2 Å². The fourth-order valence-corrected chi connectivity index (χ4v) is 1.78. The molecule has 1 aliphatic carbocycles. The van der Waals surface area contributed by atoms with E-state index in [1.807, 2.05) is 24.3 Å². The minimum atomic E-state index is -0.165. The highest BCUT2D eigenvalue weighted by Crippen LogP contribution is 2.41. The molecule has 0 bridgehead atoms. The molecular weight excluding hydrogens is 202 g/mol. The highest BCUT2D eigenvalue weighted by Gasteiger charge is 2.25. The lowest BCUT2D eigenvalue weighted by molar-refractivity contribution is 0.0994. The Bertz CT molecular complexity index is 455. The highest BCUT2D eigenvalue weighted by molar-refractivity contribution is 6.00. The molecule has 0 aromatic heterocycles. The summed E-state index contributed by atoms with van der Waals surface area (Å²) in [5, 5.41) is 8.54. The van der Waals surface area contributed by atoms with Crippen LogP contribution in [-0.2, 0) is 0 Å². The molecule has 82 valence electrons. The molecule has 3 nitrogen and oxygen atoms in total. The lowest BCUT2D eigenvalue weighted by Gasteiger charge is -2.08. The fraction of sp³-hybridized carbons (Fsp3) is 0.385. The summed E-state index contributed by atoms with van der Waals surface area (Å²) in [7, 11) is 1.54. The van der Waals surface area contributed by atoms with Crippen molar-refractivity contribution in [3.05, 3.63) is 29.3 Å². The van der Waals surface area contributed by atoms with Crippen molar-refractivity contribution in [2.45, 2.75) is 25.2 Å². The lowest BCUT2D eigenvalue weighted by Crippen LogP contribution is -2.02. The topological polar surface area (TPSA) is 50.1 Å². The van der Waals surface area contributed by atoms with E-state index in [1.165, 1.54) is 25.5 Å². The van der Waals surface area contributed by atoms with Gasteiger partial charge in [0.25, 0.3) is 0 Å². The molecule has 0 saturated heterocycles. The average molecular weight is 215 g/mol. The number of benzene rings is 1. The first kappa shape index (κ1) is 10.7. The molecule has 0 atom stereocenters. The predicted molar refractivity (Wildman–Crippen MR) is 59.5 cm³/mol. The van der Waals surface area contributed by atoms with Crippen LogP contribution in [0.15, 0.2) is 18.2 Å². The van der Waals surface area contributed by atoms with E-state index < -0.39 is 0 Å². The van der Waals surface area contributed by atoms with Crippen LogP contribution >= 0.6 is 0 Å². The number of carbonyl (C=O) groups is 1. The quantitative estimate of drug-likeness (QED) is 0.725. The van der Waals surface area contributed by atoms with Gasteiger partial charge in [0.1, 0.15) is 5.75 Å². The van der Waals surface area contributed by atoms with Crippen LogP contribution in [0.4, 0.5) is 0 Å². The van der Waals surface area contributed by atoms with Crippen LogP contribution in [-0.4, -0.2) is 12.9 Å². The Balaban J connectivity index is 2.35. The van der Waals surface area contributed by atoms with Gasteiger partial charge in [-0.25, -0.2) is 0 Å². The SMILES string of the molecule is COc1ccc(C2CC2)cc1C(=O)CC#N. The summed E-state index contributed by atoms with van der Waals surface area (Å²) in [5.74, 6) is 0.992. The summed E-state index contributed by atoms with van der Waals surface area (Å²) in [6, 6.07) is 7.57. The Morgan fingerprint density at radius 3 is 2.88 bits per heavy atom. The molecule has 0 N–H and O–H groups in total. The number of hydrogen-bond donors (Lipinski definition) is 0. The van der Waals surface area contributed by atoms with Crippen molar-refractivity contribution < 1.29 is 9.53 Å². The monoisotopic (exact) mass is 215 g/mol. The van der Waals surface area contributed by atoms with Crippen LogP contribution in [0, 0.1) is 11.3 Å². The molecule has 0 spiro atoms. The van der Waals surface area contributed by atoms with Crippen molar-refractivity contribution in [1.82, 2.24) is 0 Å². The van der Waals surface area contributed by atoms with Gasteiger partial charge in [0.05, 0.1) is 25.2 Å². The average Bonchev–Trinajstić information content (AvgIpc) is 3.12. The summed E-state index contributed by atoms with van der Waals surface area (Å²) in [6.07, 6.45) is 2.29. The van der Waals surface area contributed by atoms with Crippen molar-refractivity contribution in [3.8, 4) is 11.8 Å². The minimum absolute atomic E-state index is 0.0928. The van der Waals surface area contributed by atoms with Gasteiger partial charge >= 0.3 is 0 Å². The number of hydrogen-bond acceptors (Lipinski definition) is 3. The Kier molecular flexibility index (Phi) is 2.91. The van der Waals surface area contributed by atoms with Crippen LogP contribution in [0.25, 0.3) is 0 Å². The zero-order valence-corrected chi connectivity index (χ0v) is 9.19. The standard InChI is InChI=1S/C13H13NO2/c1-16-13-5-4-10(9-2-3-9)8-11(13)12(15)6-7-14/h4-5,8-9H,2-3,6H2,1H3. The van der Waals surface area contributed by atoms with Gasteiger partial charge in [0.2, 0.25) is 0 Å². The minimum Gasteiger partial charge on any atom is -0.496 e. The number of ether oxygens (including phenoxy) is 1. The lowest BCUT2D eigenvalue weighted by atomic mass is 10.0. The van der Waals surface area contributed by atoms with E-state index >= 15 is 0 Å². The van der Waals surface area contributed by atoms with Crippen LogP contribution in [0.1, 0.15) is 41.1 Å². The zero-order chi connectivity index (χ0) is 11.5. The fourth-order valence-electron chi connectivity index (χ4n) is 1.78. The Labute approximate surface area is 94.6 Å². The molecule has 1 saturated carbocycles. The molecule has 2 rings (SSSR count). The number of ketones is 1. The van der Waals surface area contributed by atoms with Crippen LogP contribution in [0.3, 0.4) is 0 Å². The third-order valence-electron chi connectivity index (χ3n) is 2.81. The zero-order valence-electron chi connectivity index (χ0n) is 9.19. The van der Waals surface area contributed by atoms with Gasteiger partial charge in [-0.2, -0.15) is 5.26 Å². The van der Waals surface area contributed by atoms with Crippen LogP contribution in [0.2, 0.25) is 0 Å². The molecule has 3 heteroatoms. The van der Waals surface area contributed by atoms with Crippen molar-refractivity contribution in [2.24, 2.45) is 0 Å². The van der Waals surface area contributed by atoms with Gasteiger partial charge in [0.15, 0.2) is 5.78 Å². The molecule has 1 aromatic rings. The van der Waals surface area contributed by atoms with Crippen molar-refractivity contribution in [3.63, 3.8) is 0 Å². The summed E-state index contributed by atoms with van der Waals surface area (Å²) >= 11 is 0. The second kappa shape index (κ2) is 4.36. The van der Waals surface area contributed by atoms with E-state index in [-0.39, 0.29) is 12.2 Å². The maximum Gasteiger partial charge on any atom is 0.180 e. The molecule has 0 aliphatic heterocycles. The molecule has 0 radical (unpaired) electrons. The third kappa shape index (κ3) is 2.06. The van der Waals surface area contributed by atoms with Gasteiger partial charge in [-0.05, 0) is 36.5 Å². The number of nitrogens with zero attached hydrogens (tertiary/aromatic N) is 1. The number of carbonyl (C=O) groups excluding carboxylic acids is 1. The molecule has 0 heterocycles. The number of Topliss-reactive ketones (excluding diaryl/α,β-unsaturated/α-hetero) is 1. The molecule has 0 unspecified atom stereocenters. The van der Waals surface area contributed by atoms with Gasteiger partial charge in [-0.1, -0.05) is 6.07 Å². The van der Waals surface area contributed by atoms with Gasteiger partial charge in [0, 0.05) is 0 Å². The maximum absolute atomic E-state index is 11.7. The predicted octanol–water partition coefficient (Wildman–Crippen LogP) is 2.67. The molecule has 1 fully saturated rings. The first-order chi connectivity index (χ1) is 7.76. The molecule has 0 amide bonds. The summed E-state index contributed by atoms with van der Waals surface area (Å²) in [4.78, 5) is 11.7. The van der Waals surface area contributed by atoms with Gasteiger partial charge < -0.3 is 4.74 Å². The summed E-state index contributed by atoms with van der Waals surface area (Å²) < 4.78 is 5.14. The highest BCUT2D eigenvalue weighted by atomic mass is 16.5. The normalized spacial score (nSPS) is 14.2. The maximum atomic E-state index is 11.7. The molecule has 1 aliphatic rings. The second-order valence-electron chi connectivity index (χ2n) is 3.99. The van der Waals surface area contributed by atoms with Crippen molar-refractivity contribution >= 4 is 5.78 Å². The molecule has 1 aromatic carbocycles. The van der Waals surface area contributed by atoms with Crippen LogP contribution in [0.5, 0.6) is 5.75 Å². The number of methoxy groups -OCH3 is 1. The second-order valence-corrected chi connectivity index (χ2v) is 3.99. The Hall–Kier alpha value is -1.82. The molecular formula is C13H13NO2. The summed E-state index contributed by atoms with van der Waals surface area (Å²) in [6.45, 7) is 0. The summed E-state index contributed by atoms with van der Waals surface area (Å²) in [5.41, 5.74) is 1.72. The van der Waals surface area contributed by atoms with E-state index in [4.69, 9.17) is 10.00 Å². The number of nitriles is 1. The largest absolute Gasteiger partial charge is 0.496 e. The van der Waals surface area contributed by atoms with Crippen LogP contribution < -0.4 is 4.74 Å². The van der Waals surface area contributed by atoms with Gasteiger partial charge in [-0.3, -0.25) is 4.79 Å². The van der Waals surface area contributed by atoms with E-state index in [9.17, 15) is 4.79 Å². The van der Waals surface area contributed by atoms with E-state index in [2.05, 4.69) is 0 Å². The third-order valence-corrected chi connectivity index (χ3v) is 2.81. The van der Waals surface area contributed by atoms with E-state index in [1.54, 1.807) is 0 Å². The van der Waals surface area contributed by atoms with Crippen molar-refractivity contribution in [2.75, 3.05) is 7.11 Å².